The van der Waals surface area contributed by atoms with Crippen LogP contribution in [0, 0.1) is 5.92 Å². The van der Waals surface area contributed by atoms with Gasteiger partial charge in [-0.15, -0.1) is 0 Å². The number of nitrogens with one attached hydrogen (secondary N) is 1. The molecule has 146 valence electrons. The van der Waals surface area contributed by atoms with Gasteiger partial charge >= 0.3 is 11.9 Å². The Hall–Kier alpha value is -2.02. The highest BCUT2D eigenvalue weighted by Crippen LogP contribution is 2.29. The minimum absolute atomic E-state index is 0.00546. The Kier molecular flexibility index (Phi) is 7.30. The van der Waals surface area contributed by atoms with Crippen LogP contribution in [0.25, 0.3) is 11.3 Å². The van der Waals surface area contributed by atoms with Crippen LogP contribution in [0.3, 0.4) is 0 Å². The van der Waals surface area contributed by atoms with Crippen molar-refractivity contribution in [3.05, 3.63) is 46.1 Å². The number of hydrogen-bond acceptors (Lipinski definition) is 4. The van der Waals surface area contributed by atoms with Gasteiger partial charge in [0.25, 0.3) is 0 Å². The fraction of sp³-hybridized carbons (Fsp3) is 0.368. The zero-order chi connectivity index (χ0) is 20.1. The highest BCUT2D eigenvalue weighted by atomic mass is 35.5. The Labute approximate surface area is 167 Å². The fourth-order valence-electron chi connectivity index (χ4n) is 2.71. The Morgan fingerprint density at radius 3 is 2.15 bits per heavy atom. The first-order valence-electron chi connectivity index (χ1n) is 8.42. The fourth-order valence-corrected chi connectivity index (χ4v) is 3.24. The van der Waals surface area contributed by atoms with Gasteiger partial charge < -0.3 is 14.6 Å². The monoisotopic (exact) mass is 413 g/mol. The molecule has 0 aliphatic rings. The number of rotatable bonds is 9. The molecule has 0 aliphatic carbocycles. The van der Waals surface area contributed by atoms with E-state index in [1.165, 1.54) is 0 Å². The number of benzene rings is 1. The topological polar surface area (TPSA) is 99.8 Å². The molecule has 0 spiro atoms. The van der Waals surface area contributed by atoms with E-state index < -0.39 is 24.0 Å². The van der Waals surface area contributed by atoms with Gasteiger partial charge in [-0.25, -0.2) is 0 Å². The van der Waals surface area contributed by atoms with Gasteiger partial charge in [0.15, 0.2) is 0 Å². The van der Waals surface area contributed by atoms with Gasteiger partial charge in [0, 0.05) is 22.0 Å². The van der Waals surface area contributed by atoms with Crippen molar-refractivity contribution >= 4 is 35.1 Å². The van der Waals surface area contributed by atoms with E-state index >= 15 is 0 Å². The molecule has 6 nitrogen and oxygen atoms in total. The molecule has 2 atom stereocenters. The Morgan fingerprint density at radius 2 is 1.63 bits per heavy atom. The van der Waals surface area contributed by atoms with E-state index in [-0.39, 0.29) is 12.3 Å². The minimum atomic E-state index is -1.14. The summed E-state index contributed by atoms with van der Waals surface area (Å²) < 4.78 is 5.72. The van der Waals surface area contributed by atoms with Crippen molar-refractivity contribution in [3.63, 3.8) is 0 Å². The number of aliphatic carboxylic acids is 2. The molecule has 0 aliphatic heterocycles. The van der Waals surface area contributed by atoms with Gasteiger partial charge in [0.2, 0.25) is 0 Å². The predicted octanol–water partition coefficient (Wildman–Crippen LogP) is 4.34. The molecule has 0 fully saturated rings. The molecule has 0 saturated carbocycles. The van der Waals surface area contributed by atoms with Gasteiger partial charge in [-0.3, -0.25) is 14.9 Å². The first-order valence-corrected chi connectivity index (χ1v) is 9.18. The van der Waals surface area contributed by atoms with E-state index in [9.17, 15) is 19.8 Å². The number of hydrogen-bond donors (Lipinski definition) is 3. The van der Waals surface area contributed by atoms with Crippen LogP contribution in [0.1, 0.15) is 26.0 Å². The Morgan fingerprint density at radius 1 is 1.04 bits per heavy atom. The average Bonchev–Trinajstić information content (AvgIpc) is 3.00. The molecular formula is C19H21Cl2NO5. The highest BCUT2D eigenvalue weighted by molar-refractivity contribution is 6.35. The minimum Gasteiger partial charge on any atom is -0.480 e. The number of carboxylic acids is 2. The van der Waals surface area contributed by atoms with Crippen LogP contribution in [0.15, 0.2) is 34.7 Å². The van der Waals surface area contributed by atoms with E-state index in [1.54, 1.807) is 30.3 Å². The van der Waals surface area contributed by atoms with E-state index in [1.807, 2.05) is 13.8 Å². The maximum atomic E-state index is 11.6. The summed E-state index contributed by atoms with van der Waals surface area (Å²) >= 11 is 12.0. The summed E-state index contributed by atoms with van der Waals surface area (Å²) in [5.41, 5.74) is 0.668. The molecule has 2 aromatic rings. The molecule has 27 heavy (non-hydrogen) atoms. The number of furan rings is 1. The zero-order valence-electron chi connectivity index (χ0n) is 14.9. The molecule has 0 saturated heterocycles. The number of carbonyl (C=O) groups is 2. The lowest BCUT2D eigenvalue weighted by Gasteiger charge is -2.21. The lowest BCUT2D eigenvalue weighted by molar-refractivity contribution is -0.143. The van der Waals surface area contributed by atoms with Crippen LogP contribution in [0.4, 0.5) is 0 Å². The van der Waals surface area contributed by atoms with Crippen LogP contribution >= 0.6 is 23.2 Å². The largest absolute Gasteiger partial charge is 0.480 e. The van der Waals surface area contributed by atoms with Crippen molar-refractivity contribution in [3.8, 4) is 11.3 Å². The summed E-state index contributed by atoms with van der Waals surface area (Å²) in [4.78, 5) is 23.0. The maximum absolute atomic E-state index is 11.6. The molecule has 3 N–H and O–H groups in total. The molecule has 1 aromatic carbocycles. The van der Waals surface area contributed by atoms with Gasteiger partial charge in [-0.1, -0.05) is 37.0 Å². The van der Waals surface area contributed by atoms with Gasteiger partial charge in [-0.05, 0) is 42.7 Å². The third-order valence-electron chi connectivity index (χ3n) is 3.92. The molecule has 0 amide bonds. The lowest BCUT2D eigenvalue weighted by Crippen LogP contribution is -2.48. The molecule has 2 rings (SSSR count). The van der Waals surface area contributed by atoms with Gasteiger partial charge in [0.05, 0.1) is 0 Å². The quantitative estimate of drug-likeness (QED) is 0.565. The molecule has 1 heterocycles. The van der Waals surface area contributed by atoms with E-state index in [0.29, 0.717) is 33.6 Å². The summed E-state index contributed by atoms with van der Waals surface area (Å²) in [5, 5.41) is 22.4. The second-order valence-corrected chi connectivity index (χ2v) is 7.58. The van der Waals surface area contributed by atoms with Gasteiger partial charge in [-0.2, -0.15) is 0 Å². The Bertz CT molecular complexity index is 798. The molecule has 1 aromatic heterocycles. The summed E-state index contributed by atoms with van der Waals surface area (Å²) in [7, 11) is 0. The third kappa shape index (κ3) is 6.27. The lowest BCUT2D eigenvalue weighted by atomic mass is 10.0. The summed E-state index contributed by atoms with van der Waals surface area (Å²) in [6.45, 7) is 3.75. The molecular weight excluding hydrogens is 393 g/mol. The zero-order valence-corrected chi connectivity index (χ0v) is 16.4. The molecule has 8 heteroatoms. The average molecular weight is 414 g/mol. The number of carboxylic acid groups (broad SMARTS) is 2. The summed E-state index contributed by atoms with van der Waals surface area (Å²) in [6.07, 6.45) is 0.328. The molecule has 1 unspecified atom stereocenters. The van der Waals surface area contributed by atoms with Crippen molar-refractivity contribution in [2.75, 3.05) is 0 Å². The van der Waals surface area contributed by atoms with Crippen LogP contribution in [0.5, 0.6) is 0 Å². The summed E-state index contributed by atoms with van der Waals surface area (Å²) in [6, 6.07) is 6.28. The predicted molar refractivity (Wildman–Crippen MR) is 103 cm³/mol. The first kappa shape index (κ1) is 21.3. The van der Waals surface area contributed by atoms with Crippen LogP contribution in [-0.4, -0.2) is 34.2 Å². The molecule has 0 radical (unpaired) electrons. The van der Waals surface area contributed by atoms with Crippen LogP contribution < -0.4 is 5.32 Å². The third-order valence-corrected chi connectivity index (χ3v) is 4.36. The SMILES string of the molecule is CC(C)C[C@H](NC(Cc1ccc(-c2cc(Cl)cc(Cl)c2)o1)C(=O)O)C(=O)O. The Balaban J connectivity index is 2.16. The van der Waals surface area contributed by atoms with Crippen LogP contribution in [0.2, 0.25) is 10.0 Å². The summed E-state index contributed by atoms with van der Waals surface area (Å²) in [5.74, 6) is -1.21. The van der Waals surface area contributed by atoms with Crippen molar-refractivity contribution in [2.24, 2.45) is 5.92 Å². The highest BCUT2D eigenvalue weighted by Gasteiger charge is 2.27. The van der Waals surface area contributed by atoms with Crippen molar-refractivity contribution in [2.45, 2.75) is 38.8 Å². The normalized spacial score (nSPS) is 13.5. The molecule has 0 bridgehead atoms. The maximum Gasteiger partial charge on any atom is 0.321 e. The second-order valence-electron chi connectivity index (χ2n) is 6.71. The number of halogens is 2. The second kappa shape index (κ2) is 9.26. The first-order chi connectivity index (χ1) is 12.7. The van der Waals surface area contributed by atoms with E-state index in [0.717, 1.165) is 0 Å². The van der Waals surface area contributed by atoms with Gasteiger partial charge in [0.1, 0.15) is 23.6 Å². The van der Waals surface area contributed by atoms with Crippen molar-refractivity contribution < 1.29 is 24.2 Å². The standard InChI is InChI=1S/C19H21Cl2NO5/c1-10(2)5-15(18(23)24)22-16(19(25)26)9-14-3-4-17(27-14)11-6-12(20)8-13(21)7-11/h3-4,6-8,10,15-16,22H,5,9H2,1-2H3,(H,23,24)(H,25,26)/t15-,16?/m0/s1. The van der Waals surface area contributed by atoms with E-state index in [2.05, 4.69) is 5.32 Å². The van der Waals surface area contributed by atoms with Crippen molar-refractivity contribution in [1.82, 2.24) is 5.32 Å². The van der Waals surface area contributed by atoms with E-state index in [4.69, 9.17) is 27.6 Å². The smallest absolute Gasteiger partial charge is 0.321 e. The van der Waals surface area contributed by atoms with Crippen LogP contribution in [-0.2, 0) is 16.0 Å². The van der Waals surface area contributed by atoms with Crippen molar-refractivity contribution in [1.29, 1.82) is 0 Å².